The molecule has 1 atom stereocenters. The number of nitrogens with two attached hydrogens (primary N) is 1. The molecule has 0 spiro atoms. The molecule has 0 aromatic heterocycles. The Balaban J connectivity index is 0.00000256. The summed E-state index contributed by atoms with van der Waals surface area (Å²) in [4.78, 5) is 24.5. The zero-order valence-electron chi connectivity index (χ0n) is 10.1. The number of imide groups is 1. The van der Waals surface area contributed by atoms with Gasteiger partial charge < -0.3 is 11.1 Å². The van der Waals surface area contributed by atoms with E-state index in [0.29, 0.717) is 6.54 Å². The van der Waals surface area contributed by atoms with Crippen LogP contribution in [-0.2, 0) is 4.79 Å². The lowest BCUT2D eigenvalue weighted by molar-refractivity contribution is -0.120. The smallest absolute Gasteiger partial charge is 0.321 e. The molecule has 0 aromatic rings. The SMILES string of the molecule is CCCNC(=O)NC(=O)CN1CC[C@@H](N)C1.Cl. The van der Waals surface area contributed by atoms with Crippen LogP contribution < -0.4 is 16.4 Å². The van der Waals surface area contributed by atoms with Crippen molar-refractivity contribution in [2.45, 2.75) is 25.8 Å². The second kappa shape index (κ2) is 8.27. The normalized spacial score (nSPS) is 19.5. The molecule has 17 heavy (non-hydrogen) atoms. The molecule has 0 bridgehead atoms. The van der Waals surface area contributed by atoms with E-state index in [0.717, 1.165) is 25.9 Å². The standard InChI is InChI=1S/C10H20N4O2.ClH/c1-2-4-12-10(16)13-9(15)7-14-5-3-8(11)6-14;/h8H,2-7,11H2,1H3,(H2,12,13,15,16);1H/t8-;/m1./s1. The number of carbonyl (C=O) groups excluding carboxylic acids is 2. The lowest BCUT2D eigenvalue weighted by Crippen LogP contribution is -2.44. The Morgan fingerprint density at radius 1 is 1.47 bits per heavy atom. The topological polar surface area (TPSA) is 87.5 Å². The van der Waals surface area contributed by atoms with Gasteiger partial charge in [-0.1, -0.05) is 6.92 Å². The Labute approximate surface area is 108 Å². The van der Waals surface area contributed by atoms with E-state index in [4.69, 9.17) is 5.73 Å². The summed E-state index contributed by atoms with van der Waals surface area (Å²) < 4.78 is 0. The minimum Gasteiger partial charge on any atom is -0.338 e. The maximum atomic E-state index is 11.4. The molecule has 0 unspecified atom stereocenters. The second-order valence-electron chi connectivity index (χ2n) is 4.09. The molecule has 1 aliphatic rings. The maximum Gasteiger partial charge on any atom is 0.321 e. The summed E-state index contributed by atoms with van der Waals surface area (Å²) in [5.41, 5.74) is 5.72. The number of hydrogen-bond donors (Lipinski definition) is 3. The number of nitrogens with zero attached hydrogens (tertiary/aromatic N) is 1. The Hall–Kier alpha value is -0.850. The number of carbonyl (C=O) groups is 2. The highest BCUT2D eigenvalue weighted by molar-refractivity contribution is 5.95. The largest absolute Gasteiger partial charge is 0.338 e. The van der Waals surface area contributed by atoms with E-state index in [1.165, 1.54) is 0 Å². The van der Waals surface area contributed by atoms with Gasteiger partial charge in [0, 0.05) is 25.7 Å². The fourth-order valence-corrected chi connectivity index (χ4v) is 1.66. The quantitative estimate of drug-likeness (QED) is 0.649. The van der Waals surface area contributed by atoms with Crippen LogP contribution in [0.5, 0.6) is 0 Å². The number of rotatable bonds is 4. The molecule has 1 saturated heterocycles. The first kappa shape index (κ1) is 16.1. The highest BCUT2D eigenvalue weighted by atomic mass is 35.5. The van der Waals surface area contributed by atoms with Crippen LogP contribution in [-0.4, -0.2) is 49.1 Å². The molecular weight excluding hydrogens is 244 g/mol. The molecule has 1 rings (SSSR count). The van der Waals surface area contributed by atoms with Crippen LogP contribution in [0.3, 0.4) is 0 Å². The van der Waals surface area contributed by atoms with Crippen molar-refractivity contribution in [2.75, 3.05) is 26.2 Å². The van der Waals surface area contributed by atoms with Crippen LogP contribution in [0.1, 0.15) is 19.8 Å². The molecule has 6 nitrogen and oxygen atoms in total. The van der Waals surface area contributed by atoms with Crippen molar-refractivity contribution >= 4 is 24.3 Å². The molecule has 3 amide bonds. The first-order valence-corrected chi connectivity index (χ1v) is 5.67. The van der Waals surface area contributed by atoms with Crippen molar-refractivity contribution in [1.29, 1.82) is 0 Å². The van der Waals surface area contributed by atoms with Crippen molar-refractivity contribution < 1.29 is 9.59 Å². The van der Waals surface area contributed by atoms with E-state index >= 15 is 0 Å². The van der Waals surface area contributed by atoms with E-state index in [1.54, 1.807) is 0 Å². The van der Waals surface area contributed by atoms with Gasteiger partial charge >= 0.3 is 6.03 Å². The highest BCUT2D eigenvalue weighted by Gasteiger charge is 2.21. The number of nitrogens with one attached hydrogen (secondary N) is 2. The van der Waals surface area contributed by atoms with Crippen LogP contribution >= 0.6 is 12.4 Å². The lowest BCUT2D eigenvalue weighted by Gasteiger charge is -2.14. The Morgan fingerprint density at radius 3 is 2.71 bits per heavy atom. The van der Waals surface area contributed by atoms with Crippen LogP contribution in [0.15, 0.2) is 0 Å². The molecule has 0 saturated carbocycles. The third-order valence-electron chi connectivity index (χ3n) is 2.46. The summed E-state index contributed by atoms with van der Waals surface area (Å²) in [5, 5.41) is 4.87. The van der Waals surface area contributed by atoms with E-state index in [2.05, 4.69) is 10.6 Å². The third-order valence-corrected chi connectivity index (χ3v) is 2.46. The number of likely N-dealkylation sites (tertiary alicyclic amines) is 1. The molecule has 1 fully saturated rings. The van der Waals surface area contributed by atoms with Crippen LogP contribution in [0.25, 0.3) is 0 Å². The molecule has 4 N–H and O–H groups in total. The average molecular weight is 265 g/mol. The lowest BCUT2D eigenvalue weighted by atomic mass is 10.3. The summed E-state index contributed by atoms with van der Waals surface area (Å²) >= 11 is 0. The molecule has 0 radical (unpaired) electrons. The van der Waals surface area contributed by atoms with Gasteiger partial charge in [-0.15, -0.1) is 12.4 Å². The number of halogens is 1. The van der Waals surface area contributed by atoms with Crippen LogP contribution in [0.4, 0.5) is 4.79 Å². The monoisotopic (exact) mass is 264 g/mol. The molecule has 0 aliphatic carbocycles. The summed E-state index contributed by atoms with van der Waals surface area (Å²) in [6, 6.07) is -0.267. The highest BCUT2D eigenvalue weighted by Crippen LogP contribution is 2.05. The van der Waals surface area contributed by atoms with Crippen LogP contribution in [0, 0.1) is 0 Å². The first-order valence-electron chi connectivity index (χ1n) is 5.67. The fourth-order valence-electron chi connectivity index (χ4n) is 1.66. The minimum absolute atomic E-state index is 0. The van der Waals surface area contributed by atoms with E-state index in [-0.39, 0.29) is 30.9 Å². The average Bonchev–Trinajstić information content (AvgIpc) is 2.60. The summed E-state index contributed by atoms with van der Waals surface area (Å²) in [6.07, 6.45) is 1.76. The summed E-state index contributed by atoms with van der Waals surface area (Å²) in [7, 11) is 0. The number of amides is 3. The third kappa shape index (κ3) is 6.45. The summed E-state index contributed by atoms with van der Waals surface area (Å²) in [6.45, 7) is 4.32. The fraction of sp³-hybridized carbons (Fsp3) is 0.800. The number of hydrogen-bond acceptors (Lipinski definition) is 4. The zero-order valence-corrected chi connectivity index (χ0v) is 10.9. The van der Waals surface area contributed by atoms with Crippen molar-refractivity contribution in [2.24, 2.45) is 5.73 Å². The molecule has 100 valence electrons. The first-order chi connectivity index (χ1) is 7.61. The van der Waals surface area contributed by atoms with Gasteiger partial charge in [0.1, 0.15) is 0 Å². The minimum atomic E-state index is -0.421. The predicted octanol–water partition coefficient (Wildman–Crippen LogP) is -0.323. The van der Waals surface area contributed by atoms with E-state index in [1.807, 2.05) is 11.8 Å². The molecule has 1 heterocycles. The maximum absolute atomic E-state index is 11.4. The van der Waals surface area contributed by atoms with Crippen molar-refractivity contribution in [3.8, 4) is 0 Å². The Morgan fingerprint density at radius 2 is 2.18 bits per heavy atom. The number of urea groups is 1. The van der Waals surface area contributed by atoms with Crippen molar-refractivity contribution in [3.05, 3.63) is 0 Å². The predicted molar refractivity (Wildman–Crippen MR) is 68.1 cm³/mol. The molecule has 1 aliphatic heterocycles. The zero-order chi connectivity index (χ0) is 12.0. The molecular formula is C10H21ClN4O2. The van der Waals surface area contributed by atoms with Crippen molar-refractivity contribution in [1.82, 2.24) is 15.5 Å². The summed E-state index contributed by atoms with van der Waals surface area (Å²) in [5.74, 6) is -0.275. The van der Waals surface area contributed by atoms with Gasteiger partial charge in [-0.3, -0.25) is 15.0 Å². The van der Waals surface area contributed by atoms with Gasteiger partial charge in [0.2, 0.25) is 5.91 Å². The van der Waals surface area contributed by atoms with E-state index < -0.39 is 6.03 Å². The van der Waals surface area contributed by atoms with Gasteiger partial charge in [0.15, 0.2) is 0 Å². The molecule has 7 heteroatoms. The van der Waals surface area contributed by atoms with Gasteiger partial charge in [0.05, 0.1) is 6.54 Å². The van der Waals surface area contributed by atoms with Gasteiger partial charge in [-0.25, -0.2) is 4.79 Å². The van der Waals surface area contributed by atoms with Gasteiger partial charge in [-0.2, -0.15) is 0 Å². The van der Waals surface area contributed by atoms with Gasteiger partial charge in [0.25, 0.3) is 0 Å². The Bertz CT molecular complexity index is 263. The van der Waals surface area contributed by atoms with Crippen molar-refractivity contribution in [3.63, 3.8) is 0 Å². The van der Waals surface area contributed by atoms with Crippen LogP contribution in [0.2, 0.25) is 0 Å². The second-order valence-corrected chi connectivity index (χ2v) is 4.09. The Kier molecular flexibility index (Phi) is 7.86. The molecule has 0 aromatic carbocycles. The van der Waals surface area contributed by atoms with E-state index in [9.17, 15) is 9.59 Å². The van der Waals surface area contributed by atoms with Gasteiger partial charge in [-0.05, 0) is 12.8 Å².